The summed E-state index contributed by atoms with van der Waals surface area (Å²) in [5.74, 6) is 0.139. The molecule has 0 bridgehead atoms. The third kappa shape index (κ3) is 8.84. The van der Waals surface area contributed by atoms with Crippen LogP contribution in [0.4, 0.5) is 11.4 Å². The summed E-state index contributed by atoms with van der Waals surface area (Å²) >= 11 is 0. The van der Waals surface area contributed by atoms with Gasteiger partial charge in [-0.3, -0.25) is 9.69 Å². The molecule has 0 aromatic heterocycles. The summed E-state index contributed by atoms with van der Waals surface area (Å²) in [6, 6.07) is 31.6. The molecular weight excluding hydrogens is 578 g/mol. The second-order valence-corrected chi connectivity index (χ2v) is 11.3. The first-order valence-electron chi connectivity index (χ1n) is 15.5. The Balaban J connectivity index is 1.34. The molecule has 8 heteroatoms. The van der Waals surface area contributed by atoms with E-state index in [9.17, 15) is 9.59 Å². The van der Waals surface area contributed by atoms with E-state index >= 15 is 0 Å². The van der Waals surface area contributed by atoms with E-state index in [0.717, 1.165) is 66.5 Å². The SMILES string of the molecule is COC(=O)/C=C/c1cccc(N(Cc2ccc(-c3ccc(N(C)C)cc3)cc2)C(=O)c2ccc(OCCN3CCOCC3)cc2)c1. The highest BCUT2D eigenvalue weighted by Crippen LogP contribution is 2.26. The number of carbonyl (C=O) groups excluding carboxylic acids is 2. The Morgan fingerprint density at radius 3 is 2.17 bits per heavy atom. The van der Waals surface area contributed by atoms with Gasteiger partial charge in [0.2, 0.25) is 0 Å². The molecule has 0 radical (unpaired) electrons. The van der Waals surface area contributed by atoms with Gasteiger partial charge in [0.05, 0.1) is 26.9 Å². The fourth-order valence-electron chi connectivity index (χ4n) is 5.21. The number of ether oxygens (including phenoxy) is 3. The van der Waals surface area contributed by atoms with Crippen molar-refractivity contribution in [3.05, 3.63) is 120 Å². The van der Waals surface area contributed by atoms with E-state index < -0.39 is 5.97 Å². The van der Waals surface area contributed by atoms with Gasteiger partial charge in [-0.15, -0.1) is 0 Å². The van der Waals surface area contributed by atoms with Gasteiger partial charge in [0.25, 0.3) is 5.91 Å². The van der Waals surface area contributed by atoms with Crippen molar-refractivity contribution in [1.82, 2.24) is 4.90 Å². The summed E-state index contributed by atoms with van der Waals surface area (Å²) in [6.07, 6.45) is 3.05. The molecule has 5 rings (SSSR count). The molecular formula is C38H41N3O5. The van der Waals surface area contributed by atoms with Crippen LogP contribution in [0, 0.1) is 0 Å². The second-order valence-electron chi connectivity index (χ2n) is 11.3. The molecule has 1 aliphatic rings. The maximum atomic E-state index is 14.1. The maximum absolute atomic E-state index is 14.1. The third-order valence-electron chi connectivity index (χ3n) is 7.93. The minimum atomic E-state index is -0.443. The van der Waals surface area contributed by atoms with Crippen molar-refractivity contribution in [2.45, 2.75) is 6.54 Å². The van der Waals surface area contributed by atoms with Crippen LogP contribution in [-0.4, -0.2) is 77.4 Å². The molecule has 238 valence electrons. The Morgan fingerprint density at radius 2 is 1.52 bits per heavy atom. The van der Waals surface area contributed by atoms with Gasteiger partial charge in [-0.05, 0) is 76.9 Å². The predicted molar refractivity (Wildman–Crippen MR) is 183 cm³/mol. The fourth-order valence-corrected chi connectivity index (χ4v) is 5.21. The van der Waals surface area contributed by atoms with E-state index in [1.807, 2.05) is 50.5 Å². The van der Waals surface area contributed by atoms with Crippen LogP contribution in [0.3, 0.4) is 0 Å². The lowest BCUT2D eigenvalue weighted by molar-refractivity contribution is -0.134. The highest BCUT2D eigenvalue weighted by Gasteiger charge is 2.19. The molecule has 0 N–H and O–H groups in total. The quantitative estimate of drug-likeness (QED) is 0.139. The van der Waals surface area contributed by atoms with Crippen LogP contribution in [0.25, 0.3) is 17.2 Å². The molecule has 1 amide bonds. The topological polar surface area (TPSA) is 71.5 Å². The number of anilines is 2. The lowest BCUT2D eigenvalue weighted by Crippen LogP contribution is -2.38. The molecule has 1 aliphatic heterocycles. The van der Waals surface area contributed by atoms with Crippen molar-refractivity contribution >= 4 is 29.3 Å². The van der Waals surface area contributed by atoms with Crippen LogP contribution < -0.4 is 14.5 Å². The standard InChI is InChI=1S/C38H41N3O5/c1-39(2)34-16-12-32(13-17-34)31-10-7-30(8-11-31)28-41(35-6-4-5-29(27-35)9-20-37(42)44-3)38(43)33-14-18-36(19-15-33)46-26-23-40-21-24-45-25-22-40/h4-20,27H,21-26,28H2,1-3H3/b20-9+. The van der Waals surface area contributed by atoms with Crippen molar-refractivity contribution in [3.63, 3.8) is 0 Å². The molecule has 1 heterocycles. The second kappa shape index (κ2) is 15.9. The first-order valence-corrected chi connectivity index (χ1v) is 15.5. The lowest BCUT2D eigenvalue weighted by atomic mass is 10.0. The van der Waals surface area contributed by atoms with Crippen molar-refractivity contribution < 1.29 is 23.8 Å². The first kappa shape index (κ1) is 32.5. The number of hydrogen-bond acceptors (Lipinski definition) is 7. The Labute approximate surface area is 271 Å². The van der Waals surface area contributed by atoms with Crippen LogP contribution in [0.15, 0.2) is 103 Å². The molecule has 4 aromatic rings. The van der Waals surface area contributed by atoms with Gasteiger partial charge >= 0.3 is 5.97 Å². The number of hydrogen-bond donors (Lipinski definition) is 0. The summed E-state index contributed by atoms with van der Waals surface area (Å²) in [5.41, 5.74) is 6.40. The van der Waals surface area contributed by atoms with Crippen LogP contribution >= 0.6 is 0 Å². The number of carbonyl (C=O) groups is 2. The molecule has 0 atom stereocenters. The summed E-state index contributed by atoms with van der Waals surface area (Å²) in [7, 11) is 5.39. The Bertz CT molecular complexity index is 1610. The molecule has 0 aliphatic carbocycles. The van der Waals surface area contributed by atoms with Gasteiger partial charge in [-0.25, -0.2) is 4.79 Å². The summed E-state index contributed by atoms with van der Waals surface area (Å²) in [4.78, 5) is 31.9. The van der Waals surface area contributed by atoms with Gasteiger partial charge < -0.3 is 24.0 Å². The Hall–Kier alpha value is -4.92. The van der Waals surface area contributed by atoms with Gasteiger partial charge in [0.1, 0.15) is 12.4 Å². The monoisotopic (exact) mass is 619 g/mol. The lowest BCUT2D eigenvalue weighted by Gasteiger charge is -2.26. The molecule has 0 saturated carbocycles. The number of amides is 1. The highest BCUT2D eigenvalue weighted by atomic mass is 16.5. The maximum Gasteiger partial charge on any atom is 0.330 e. The normalized spacial score (nSPS) is 13.4. The van der Waals surface area contributed by atoms with Crippen LogP contribution in [0.5, 0.6) is 5.75 Å². The Morgan fingerprint density at radius 1 is 0.848 bits per heavy atom. The van der Waals surface area contributed by atoms with Gasteiger partial charge in [-0.2, -0.15) is 0 Å². The number of benzene rings is 4. The average molecular weight is 620 g/mol. The molecule has 0 spiro atoms. The van der Waals surface area contributed by atoms with Crippen LogP contribution in [0.2, 0.25) is 0 Å². The molecule has 46 heavy (non-hydrogen) atoms. The minimum absolute atomic E-state index is 0.141. The number of rotatable bonds is 12. The van der Waals surface area contributed by atoms with Gasteiger partial charge in [0, 0.05) is 56.7 Å². The van der Waals surface area contributed by atoms with E-state index in [1.54, 1.807) is 23.1 Å². The third-order valence-corrected chi connectivity index (χ3v) is 7.93. The molecule has 1 fully saturated rings. The number of methoxy groups -OCH3 is 1. The summed E-state index contributed by atoms with van der Waals surface area (Å²) < 4.78 is 16.1. The van der Waals surface area contributed by atoms with E-state index in [1.165, 1.54) is 13.2 Å². The van der Waals surface area contributed by atoms with E-state index in [4.69, 9.17) is 14.2 Å². The van der Waals surface area contributed by atoms with E-state index in [0.29, 0.717) is 24.4 Å². The first-order chi connectivity index (χ1) is 22.4. The predicted octanol–water partition coefficient (Wildman–Crippen LogP) is 6.16. The zero-order valence-corrected chi connectivity index (χ0v) is 26.7. The van der Waals surface area contributed by atoms with Crippen LogP contribution in [0.1, 0.15) is 21.5 Å². The molecule has 1 saturated heterocycles. The van der Waals surface area contributed by atoms with E-state index in [2.05, 4.69) is 58.3 Å². The van der Waals surface area contributed by atoms with E-state index in [-0.39, 0.29) is 5.91 Å². The summed E-state index contributed by atoms with van der Waals surface area (Å²) in [6.45, 7) is 5.11. The molecule has 8 nitrogen and oxygen atoms in total. The van der Waals surface area contributed by atoms with Gasteiger partial charge in [-0.1, -0.05) is 48.5 Å². The van der Waals surface area contributed by atoms with Crippen molar-refractivity contribution in [3.8, 4) is 16.9 Å². The zero-order chi connectivity index (χ0) is 32.3. The van der Waals surface area contributed by atoms with Crippen molar-refractivity contribution in [2.24, 2.45) is 0 Å². The zero-order valence-electron chi connectivity index (χ0n) is 26.7. The number of esters is 1. The largest absolute Gasteiger partial charge is 0.492 e. The molecule has 0 unspecified atom stereocenters. The molecule has 4 aromatic carbocycles. The average Bonchev–Trinajstić information content (AvgIpc) is 3.10. The number of nitrogens with zero attached hydrogens (tertiary/aromatic N) is 3. The smallest absolute Gasteiger partial charge is 0.330 e. The van der Waals surface area contributed by atoms with Crippen LogP contribution in [-0.2, 0) is 20.8 Å². The highest BCUT2D eigenvalue weighted by molar-refractivity contribution is 6.06. The van der Waals surface area contributed by atoms with Crippen molar-refractivity contribution in [2.75, 3.05) is 70.5 Å². The Kier molecular flexibility index (Phi) is 11.2. The van der Waals surface area contributed by atoms with Crippen molar-refractivity contribution in [1.29, 1.82) is 0 Å². The summed E-state index contributed by atoms with van der Waals surface area (Å²) in [5, 5.41) is 0. The number of morpholine rings is 1. The fraction of sp³-hybridized carbons (Fsp3) is 0.263. The minimum Gasteiger partial charge on any atom is -0.492 e. The van der Waals surface area contributed by atoms with Gasteiger partial charge in [0.15, 0.2) is 0 Å².